The number of anilines is 2. The van der Waals surface area contributed by atoms with E-state index in [4.69, 9.17) is 9.47 Å². The highest BCUT2D eigenvalue weighted by Gasteiger charge is 2.12. The van der Waals surface area contributed by atoms with E-state index < -0.39 is 11.9 Å². The molecule has 0 saturated heterocycles. The van der Waals surface area contributed by atoms with E-state index in [0.717, 1.165) is 32.5 Å². The van der Waals surface area contributed by atoms with Crippen LogP contribution in [0.15, 0.2) is 59.1 Å². The Kier molecular flexibility index (Phi) is 10.7. The van der Waals surface area contributed by atoms with Crippen molar-refractivity contribution in [3.8, 4) is 11.5 Å². The van der Waals surface area contributed by atoms with Crippen molar-refractivity contribution in [2.24, 2.45) is 0 Å². The summed E-state index contributed by atoms with van der Waals surface area (Å²) in [6.07, 6.45) is 0.501. The summed E-state index contributed by atoms with van der Waals surface area (Å²) in [5.74, 6) is 0.676. The Labute approximate surface area is 238 Å². The van der Waals surface area contributed by atoms with E-state index in [-0.39, 0.29) is 25.4 Å². The van der Waals surface area contributed by atoms with E-state index in [9.17, 15) is 14.4 Å². The van der Waals surface area contributed by atoms with Gasteiger partial charge in [-0.1, -0.05) is 41.9 Å². The summed E-state index contributed by atoms with van der Waals surface area (Å²) in [6.45, 7) is 9.76. The minimum Gasteiger partial charge on any atom is -0.457 e. The number of benzene rings is 3. The third-order valence-electron chi connectivity index (χ3n) is 6.03. The molecule has 3 aromatic rings. The number of rotatable bonds is 11. The number of hydrogen-bond donors (Lipinski definition) is 2. The predicted molar refractivity (Wildman–Crippen MR) is 157 cm³/mol. The second kappa shape index (κ2) is 13.9. The topological polar surface area (TPSA) is 93.7 Å². The van der Waals surface area contributed by atoms with Crippen LogP contribution in [0.25, 0.3) is 0 Å². The Balaban J connectivity index is 1.38. The van der Waals surface area contributed by atoms with Gasteiger partial charge < -0.3 is 20.1 Å². The Morgan fingerprint density at radius 1 is 0.821 bits per heavy atom. The average molecular weight is 596 g/mol. The van der Waals surface area contributed by atoms with Gasteiger partial charge in [-0.2, -0.15) is 0 Å². The molecule has 0 aliphatic rings. The highest BCUT2D eigenvalue weighted by molar-refractivity contribution is 9.10. The van der Waals surface area contributed by atoms with Gasteiger partial charge in [0.05, 0.1) is 0 Å². The lowest BCUT2D eigenvalue weighted by molar-refractivity contribution is -0.147. The summed E-state index contributed by atoms with van der Waals surface area (Å²) in [4.78, 5) is 36.5. The van der Waals surface area contributed by atoms with Crippen LogP contribution in [0.1, 0.15) is 61.3 Å². The molecule has 0 saturated carbocycles. The fourth-order valence-electron chi connectivity index (χ4n) is 3.99. The van der Waals surface area contributed by atoms with Crippen LogP contribution >= 0.6 is 15.9 Å². The van der Waals surface area contributed by atoms with Crippen molar-refractivity contribution in [3.63, 3.8) is 0 Å². The van der Waals surface area contributed by atoms with Crippen LogP contribution in [0.2, 0.25) is 0 Å². The third kappa shape index (κ3) is 9.25. The summed E-state index contributed by atoms with van der Waals surface area (Å²) in [5, 5.41) is 5.55. The molecule has 2 amide bonds. The Morgan fingerprint density at radius 3 is 2.10 bits per heavy atom. The molecule has 0 aliphatic heterocycles. The molecule has 0 spiro atoms. The van der Waals surface area contributed by atoms with Gasteiger partial charge in [0.2, 0.25) is 5.91 Å². The lowest BCUT2D eigenvalue weighted by atomic mass is 10.0. The molecule has 0 radical (unpaired) electrons. The highest BCUT2D eigenvalue weighted by atomic mass is 79.9. The monoisotopic (exact) mass is 594 g/mol. The zero-order valence-electron chi connectivity index (χ0n) is 23.0. The molecule has 8 heteroatoms. The molecular weight excluding hydrogens is 560 g/mol. The normalized spacial score (nSPS) is 10.7. The first-order valence-electron chi connectivity index (χ1n) is 12.9. The first-order valence-corrected chi connectivity index (χ1v) is 13.7. The number of ether oxygens (including phenoxy) is 2. The van der Waals surface area contributed by atoms with Crippen molar-refractivity contribution < 1.29 is 23.9 Å². The van der Waals surface area contributed by atoms with E-state index in [1.165, 1.54) is 0 Å². The van der Waals surface area contributed by atoms with Gasteiger partial charge in [0, 0.05) is 28.7 Å². The second-order valence-corrected chi connectivity index (χ2v) is 10.7. The van der Waals surface area contributed by atoms with Crippen LogP contribution in [-0.2, 0) is 19.1 Å². The SMILES string of the molecule is Cc1ccc(C(C)C)c(Oc2ccc(NC(=O)CCCC(=O)OCC(=O)Nc3cc(C)c(Br)c(C)c3)cc2)c1. The molecule has 0 unspecified atom stereocenters. The zero-order chi connectivity index (χ0) is 28.5. The van der Waals surface area contributed by atoms with Crippen molar-refractivity contribution in [3.05, 3.63) is 81.3 Å². The number of carbonyl (C=O) groups excluding carboxylic acids is 3. The molecule has 3 rings (SSSR count). The van der Waals surface area contributed by atoms with E-state index >= 15 is 0 Å². The largest absolute Gasteiger partial charge is 0.457 e. The number of nitrogens with one attached hydrogen (secondary N) is 2. The number of esters is 1. The quantitative estimate of drug-likeness (QED) is 0.223. The van der Waals surface area contributed by atoms with Crippen molar-refractivity contribution in [1.29, 1.82) is 0 Å². The molecule has 0 aliphatic carbocycles. The van der Waals surface area contributed by atoms with Crippen molar-refractivity contribution in [1.82, 2.24) is 0 Å². The van der Waals surface area contributed by atoms with Crippen LogP contribution in [0.3, 0.4) is 0 Å². The molecule has 0 atom stereocenters. The van der Waals surface area contributed by atoms with Gasteiger partial charge >= 0.3 is 5.97 Å². The van der Waals surface area contributed by atoms with Gasteiger partial charge in [-0.05, 0) is 97.8 Å². The fraction of sp³-hybridized carbons (Fsp3) is 0.323. The molecule has 2 N–H and O–H groups in total. The van der Waals surface area contributed by atoms with Gasteiger partial charge in [0.1, 0.15) is 11.5 Å². The first kappa shape index (κ1) is 29.9. The molecule has 0 aromatic heterocycles. The van der Waals surface area contributed by atoms with Crippen molar-refractivity contribution in [2.45, 2.75) is 59.8 Å². The standard InChI is InChI=1S/C31H35BrN2O5/c1-19(2)26-14-9-20(3)15-27(26)39-25-12-10-23(11-13-25)33-28(35)7-6-8-30(37)38-18-29(36)34-24-16-21(4)31(32)22(5)17-24/h9-17,19H,6-8,18H2,1-5H3,(H,33,35)(H,34,36). The summed E-state index contributed by atoms with van der Waals surface area (Å²) < 4.78 is 12.1. The third-order valence-corrected chi connectivity index (χ3v) is 7.28. The minimum atomic E-state index is -0.528. The predicted octanol–water partition coefficient (Wildman–Crippen LogP) is 7.58. The highest BCUT2D eigenvalue weighted by Crippen LogP contribution is 2.32. The molecule has 7 nitrogen and oxygen atoms in total. The molecular formula is C31H35BrN2O5. The molecule has 206 valence electrons. The Morgan fingerprint density at radius 2 is 1.46 bits per heavy atom. The number of hydrogen-bond acceptors (Lipinski definition) is 5. The van der Waals surface area contributed by atoms with Crippen LogP contribution in [0.4, 0.5) is 11.4 Å². The van der Waals surface area contributed by atoms with E-state index in [2.05, 4.69) is 52.5 Å². The fourth-order valence-corrected chi connectivity index (χ4v) is 4.22. The number of amides is 2. The van der Waals surface area contributed by atoms with Gasteiger partial charge in [0.25, 0.3) is 5.91 Å². The number of aryl methyl sites for hydroxylation is 3. The second-order valence-electron chi connectivity index (χ2n) is 9.86. The lowest BCUT2D eigenvalue weighted by Gasteiger charge is -2.15. The van der Waals surface area contributed by atoms with Gasteiger partial charge in [-0.3, -0.25) is 14.4 Å². The maximum atomic E-state index is 12.3. The summed E-state index contributed by atoms with van der Waals surface area (Å²) in [5.41, 5.74) is 5.52. The first-order chi connectivity index (χ1) is 18.5. The molecule has 0 bridgehead atoms. The van der Waals surface area contributed by atoms with E-state index in [1.807, 2.05) is 39.0 Å². The maximum absolute atomic E-state index is 12.3. The average Bonchev–Trinajstić information content (AvgIpc) is 2.87. The molecule has 0 heterocycles. The summed E-state index contributed by atoms with van der Waals surface area (Å²) in [6, 6.07) is 17.0. The van der Waals surface area contributed by atoms with Crippen molar-refractivity contribution in [2.75, 3.05) is 17.2 Å². The van der Waals surface area contributed by atoms with E-state index in [0.29, 0.717) is 29.5 Å². The zero-order valence-corrected chi connectivity index (χ0v) is 24.6. The summed E-state index contributed by atoms with van der Waals surface area (Å²) in [7, 11) is 0. The van der Waals surface area contributed by atoms with E-state index in [1.54, 1.807) is 24.3 Å². The van der Waals surface area contributed by atoms with Crippen molar-refractivity contribution >= 4 is 45.1 Å². The van der Waals surface area contributed by atoms with Crippen LogP contribution in [0.5, 0.6) is 11.5 Å². The van der Waals surface area contributed by atoms with Gasteiger partial charge in [-0.15, -0.1) is 0 Å². The lowest BCUT2D eigenvalue weighted by Crippen LogP contribution is -2.21. The maximum Gasteiger partial charge on any atom is 0.306 e. The van der Waals surface area contributed by atoms with Gasteiger partial charge in [-0.25, -0.2) is 0 Å². The van der Waals surface area contributed by atoms with Crippen LogP contribution < -0.4 is 15.4 Å². The molecule has 39 heavy (non-hydrogen) atoms. The molecule has 3 aromatic carbocycles. The van der Waals surface area contributed by atoms with Crippen LogP contribution in [0, 0.1) is 20.8 Å². The Hall–Kier alpha value is -3.65. The number of carbonyl (C=O) groups is 3. The minimum absolute atomic E-state index is 0.0403. The smallest absolute Gasteiger partial charge is 0.306 e. The van der Waals surface area contributed by atoms with Crippen LogP contribution in [-0.4, -0.2) is 24.4 Å². The summed E-state index contributed by atoms with van der Waals surface area (Å²) >= 11 is 3.49. The Bertz CT molecular complexity index is 1310. The number of halogens is 1. The van der Waals surface area contributed by atoms with Gasteiger partial charge in [0.15, 0.2) is 6.61 Å². The molecule has 0 fully saturated rings.